The van der Waals surface area contributed by atoms with Crippen molar-refractivity contribution in [2.45, 2.75) is 57.4 Å². The van der Waals surface area contributed by atoms with Crippen LogP contribution in [0.1, 0.15) is 46.0 Å². The summed E-state index contributed by atoms with van der Waals surface area (Å²) in [6.45, 7) is 4.98. The van der Waals surface area contributed by atoms with Crippen LogP contribution in [0.4, 0.5) is 0 Å². The molecule has 2 atom stereocenters. The summed E-state index contributed by atoms with van der Waals surface area (Å²) in [6.07, 6.45) is 5.47. The average molecular weight is 230 g/mol. The van der Waals surface area contributed by atoms with Crippen LogP contribution < -0.4 is 0 Å². The number of rotatable bonds is 1. The molecule has 1 aliphatic heterocycles. The van der Waals surface area contributed by atoms with Gasteiger partial charge in [-0.1, -0.05) is 19.8 Å². The van der Waals surface area contributed by atoms with Gasteiger partial charge in [0.15, 0.2) is 0 Å². The molecule has 15 heavy (non-hydrogen) atoms. The number of likely N-dealkylation sites (tertiary alicyclic amines) is 1. The Labute approximate surface area is 97.0 Å². The second-order valence-electron chi connectivity index (χ2n) is 5.41. The van der Waals surface area contributed by atoms with E-state index in [-0.39, 0.29) is 10.8 Å². The average Bonchev–Trinajstić information content (AvgIpc) is 2.73. The standard InChI is InChI=1S/C12H20ClNO/c1-9-7-10(13)8-14(9)11(15)12(2)5-3-4-6-12/h9-10H,3-8H2,1-2H3. The molecule has 1 amide bonds. The molecule has 2 aliphatic rings. The predicted molar refractivity (Wildman–Crippen MR) is 62.0 cm³/mol. The van der Waals surface area contributed by atoms with E-state index in [2.05, 4.69) is 13.8 Å². The van der Waals surface area contributed by atoms with Crippen molar-refractivity contribution in [3.8, 4) is 0 Å². The minimum absolute atomic E-state index is 0.0881. The van der Waals surface area contributed by atoms with Crippen molar-refractivity contribution in [2.75, 3.05) is 6.54 Å². The molecule has 1 heterocycles. The second-order valence-corrected chi connectivity index (χ2v) is 6.02. The number of amides is 1. The first-order valence-electron chi connectivity index (χ1n) is 5.98. The van der Waals surface area contributed by atoms with E-state index in [9.17, 15) is 4.79 Å². The number of carbonyl (C=O) groups excluding carboxylic acids is 1. The number of alkyl halides is 1. The molecule has 0 aromatic rings. The quantitative estimate of drug-likeness (QED) is 0.634. The van der Waals surface area contributed by atoms with Crippen molar-refractivity contribution in [3.63, 3.8) is 0 Å². The molecule has 0 aromatic carbocycles. The molecular formula is C12H20ClNO. The lowest BCUT2D eigenvalue weighted by atomic mass is 9.87. The lowest BCUT2D eigenvalue weighted by molar-refractivity contribution is -0.141. The Morgan fingerprint density at radius 3 is 2.47 bits per heavy atom. The predicted octanol–water partition coefficient (Wildman–Crippen LogP) is 2.79. The van der Waals surface area contributed by atoms with Crippen LogP contribution in [-0.4, -0.2) is 28.8 Å². The Morgan fingerprint density at radius 2 is 2.00 bits per heavy atom. The van der Waals surface area contributed by atoms with Gasteiger partial charge < -0.3 is 4.90 Å². The van der Waals surface area contributed by atoms with Gasteiger partial charge in [-0.2, -0.15) is 0 Å². The highest BCUT2D eigenvalue weighted by Gasteiger charge is 2.42. The molecule has 86 valence electrons. The molecule has 0 bridgehead atoms. The van der Waals surface area contributed by atoms with Gasteiger partial charge in [-0.3, -0.25) is 4.79 Å². The summed E-state index contributed by atoms with van der Waals surface area (Å²) in [5.41, 5.74) is -0.0881. The Bertz CT molecular complexity index is 260. The zero-order chi connectivity index (χ0) is 11.1. The first kappa shape index (κ1) is 11.3. The molecule has 0 aromatic heterocycles. The van der Waals surface area contributed by atoms with E-state index in [0.717, 1.165) is 25.8 Å². The van der Waals surface area contributed by atoms with Crippen molar-refractivity contribution in [2.24, 2.45) is 5.41 Å². The molecule has 2 unspecified atom stereocenters. The summed E-state index contributed by atoms with van der Waals surface area (Å²) >= 11 is 6.10. The number of carbonyl (C=O) groups is 1. The Balaban J connectivity index is 2.07. The summed E-state index contributed by atoms with van der Waals surface area (Å²) in [6, 6.07) is 0.331. The lowest BCUT2D eigenvalue weighted by Crippen LogP contribution is -2.43. The first-order valence-corrected chi connectivity index (χ1v) is 6.42. The molecule has 1 saturated heterocycles. The molecule has 0 N–H and O–H groups in total. The van der Waals surface area contributed by atoms with Crippen LogP contribution in [0, 0.1) is 5.41 Å². The monoisotopic (exact) mass is 229 g/mol. The minimum Gasteiger partial charge on any atom is -0.338 e. The fraction of sp³-hybridized carbons (Fsp3) is 0.917. The number of hydrogen-bond acceptors (Lipinski definition) is 1. The zero-order valence-corrected chi connectivity index (χ0v) is 10.4. The zero-order valence-electron chi connectivity index (χ0n) is 9.63. The third-order valence-electron chi connectivity index (χ3n) is 4.01. The summed E-state index contributed by atoms with van der Waals surface area (Å²) in [7, 11) is 0. The van der Waals surface area contributed by atoms with Crippen molar-refractivity contribution in [1.82, 2.24) is 4.90 Å². The minimum atomic E-state index is -0.0881. The molecule has 0 spiro atoms. The summed E-state index contributed by atoms with van der Waals surface area (Å²) in [5.74, 6) is 0.343. The van der Waals surface area contributed by atoms with Gasteiger partial charge in [0.1, 0.15) is 0 Å². The maximum absolute atomic E-state index is 12.4. The molecular weight excluding hydrogens is 210 g/mol. The van der Waals surface area contributed by atoms with E-state index in [1.165, 1.54) is 12.8 Å². The molecule has 1 saturated carbocycles. The van der Waals surface area contributed by atoms with E-state index in [1.807, 2.05) is 4.90 Å². The fourth-order valence-corrected chi connectivity index (χ4v) is 3.37. The van der Waals surface area contributed by atoms with Crippen LogP contribution in [-0.2, 0) is 4.79 Å². The van der Waals surface area contributed by atoms with Crippen LogP contribution in [0.2, 0.25) is 0 Å². The normalized spacial score (nSPS) is 34.7. The van der Waals surface area contributed by atoms with Crippen molar-refractivity contribution in [1.29, 1.82) is 0 Å². The third kappa shape index (κ3) is 2.01. The highest BCUT2D eigenvalue weighted by Crippen LogP contribution is 2.40. The molecule has 2 rings (SSSR count). The third-order valence-corrected chi connectivity index (χ3v) is 4.32. The maximum atomic E-state index is 12.4. The number of nitrogens with zero attached hydrogens (tertiary/aromatic N) is 1. The first-order chi connectivity index (χ1) is 7.03. The molecule has 2 fully saturated rings. The van der Waals surface area contributed by atoms with Crippen LogP contribution in [0.25, 0.3) is 0 Å². The van der Waals surface area contributed by atoms with E-state index < -0.39 is 0 Å². The van der Waals surface area contributed by atoms with Gasteiger partial charge in [0.05, 0.1) is 5.38 Å². The van der Waals surface area contributed by atoms with Gasteiger partial charge in [-0.25, -0.2) is 0 Å². The summed E-state index contributed by atoms with van der Waals surface area (Å²) in [5, 5.41) is 0.161. The maximum Gasteiger partial charge on any atom is 0.228 e. The van der Waals surface area contributed by atoms with Gasteiger partial charge in [0.25, 0.3) is 0 Å². The largest absolute Gasteiger partial charge is 0.338 e. The van der Waals surface area contributed by atoms with E-state index in [4.69, 9.17) is 11.6 Å². The molecule has 1 aliphatic carbocycles. The molecule has 0 radical (unpaired) electrons. The topological polar surface area (TPSA) is 20.3 Å². The number of halogens is 1. The van der Waals surface area contributed by atoms with Gasteiger partial charge in [-0.05, 0) is 26.2 Å². The van der Waals surface area contributed by atoms with Crippen LogP contribution in [0.15, 0.2) is 0 Å². The van der Waals surface area contributed by atoms with Crippen molar-refractivity contribution < 1.29 is 4.79 Å². The van der Waals surface area contributed by atoms with Crippen LogP contribution >= 0.6 is 11.6 Å². The fourth-order valence-electron chi connectivity index (χ4n) is 2.96. The summed E-state index contributed by atoms with van der Waals surface area (Å²) in [4.78, 5) is 14.4. The number of hydrogen-bond donors (Lipinski definition) is 0. The smallest absolute Gasteiger partial charge is 0.228 e. The Kier molecular flexibility index (Phi) is 2.98. The molecule has 3 heteroatoms. The van der Waals surface area contributed by atoms with Gasteiger partial charge in [0, 0.05) is 18.0 Å². The van der Waals surface area contributed by atoms with Crippen molar-refractivity contribution >= 4 is 17.5 Å². The van der Waals surface area contributed by atoms with Crippen LogP contribution in [0.5, 0.6) is 0 Å². The van der Waals surface area contributed by atoms with E-state index in [0.29, 0.717) is 11.9 Å². The highest BCUT2D eigenvalue weighted by atomic mass is 35.5. The Hall–Kier alpha value is -0.240. The van der Waals surface area contributed by atoms with Crippen LogP contribution in [0.3, 0.4) is 0 Å². The SMILES string of the molecule is CC1CC(Cl)CN1C(=O)C1(C)CCCC1. The van der Waals surface area contributed by atoms with Gasteiger partial charge >= 0.3 is 0 Å². The second kappa shape index (κ2) is 3.97. The lowest BCUT2D eigenvalue weighted by Gasteiger charge is -2.31. The van der Waals surface area contributed by atoms with E-state index in [1.54, 1.807) is 0 Å². The highest BCUT2D eigenvalue weighted by molar-refractivity contribution is 6.21. The molecule has 2 nitrogen and oxygen atoms in total. The van der Waals surface area contributed by atoms with E-state index >= 15 is 0 Å². The van der Waals surface area contributed by atoms with Gasteiger partial charge in [-0.15, -0.1) is 11.6 Å². The van der Waals surface area contributed by atoms with Crippen molar-refractivity contribution in [3.05, 3.63) is 0 Å². The van der Waals surface area contributed by atoms with Gasteiger partial charge in [0.2, 0.25) is 5.91 Å². The Morgan fingerprint density at radius 1 is 1.40 bits per heavy atom. The summed E-state index contributed by atoms with van der Waals surface area (Å²) < 4.78 is 0.